The molecule has 5 nitrogen and oxygen atoms in total. The van der Waals surface area contributed by atoms with Crippen molar-refractivity contribution in [2.24, 2.45) is 0 Å². The predicted octanol–water partition coefficient (Wildman–Crippen LogP) is 2.49. The van der Waals surface area contributed by atoms with Crippen LogP contribution in [0.2, 0.25) is 0 Å². The summed E-state index contributed by atoms with van der Waals surface area (Å²) in [6.45, 7) is 7.20. The molecule has 0 spiro atoms. The van der Waals surface area contributed by atoms with Crippen molar-refractivity contribution in [2.45, 2.75) is 26.7 Å². The first-order chi connectivity index (χ1) is 10.2. The van der Waals surface area contributed by atoms with Gasteiger partial charge in [-0.2, -0.15) is 0 Å². The van der Waals surface area contributed by atoms with Gasteiger partial charge >= 0.3 is 6.03 Å². The highest BCUT2D eigenvalue weighted by atomic mass is 16.5. The van der Waals surface area contributed by atoms with Gasteiger partial charge in [0.1, 0.15) is 5.75 Å². The van der Waals surface area contributed by atoms with Crippen LogP contribution in [0.15, 0.2) is 24.3 Å². The lowest BCUT2D eigenvalue weighted by atomic mass is 10.2. The maximum atomic E-state index is 11.5. The van der Waals surface area contributed by atoms with Gasteiger partial charge in [-0.05, 0) is 38.3 Å². The molecule has 0 aromatic heterocycles. The van der Waals surface area contributed by atoms with Gasteiger partial charge in [0.05, 0.1) is 6.61 Å². The van der Waals surface area contributed by atoms with Gasteiger partial charge in [0.15, 0.2) is 0 Å². The molecule has 5 heteroatoms. The van der Waals surface area contributed by atoms with Gasteiger partial charge in [-0.1, -0.05) is 18.2 Å². The number of amides is 2. The highest BCUT2D eigenvalue weighted by Crippen LogP contribution is 2.15. The second kappa shape index (κ2) is 11.0. The molecular formula is C16H26N2O3. The molecule has 21 heavy (non-hydrogen) atoms. The number of hydrogen-bond acceptors (Lipinski definition) is 3. The largest absolute Gasteiger partial charge is 0.493 e. The Kier molecular flexibility index (Phi) is 9.04. The fraction of sp³-hybridized carbons (Fsp3) is 0.562. The van der Waals surface area contributed by atoms with E-state index in [0.717, 1.165) is 24.2 Å². The number of aryl methyl sites for hydroxylation is 1. The van der Waals surface area contributed by atoms with Gasteiger partial charge in [-0.15, -0.1) is 0 Å². The first-order valence-electron chi connectivity index (χ1n) is 7.52. The molecule has 2 amide bonds. The highest BCUT2D eigenvalue weighted by Gasteiger charge is 2.00. The normalized spacial score (nSPS) is 10.2. The minimum absolute atomic E-state index is 0.137. The molecule has 0 aliphatic carbocycles. The summed E-state index contributed by atoms with van der Waals surface area (Å²) in [5.41, 5.74) is 1.12. The lowest BCUT2D eigenvalue weighted by Gasteiger charge is -2.10. The fourth-order valence-corrected chi connectivity index (χ4v) is 1.76. The lowest BCUT2D eigenvalue weighted by molar-refractivity contribution is 0.145. The Bertz CT molecular complexity index is 410. The van der Waals surface area contributed by atoms with Crippen molar-refractivity contribution in [1.29, 1.82) is 0 Å². The van der Waals surface area contributed by atoms with E-state index < -0.39 is 0 Å². The zero-order valence-corrected chi connectivity index (χ0v) is 13.0. The number of rotatable bonds is 10. The van der Waals surface area contributed by atoms with Gasteiger partial charge in [-0.3, -0.25) is 0 Å². The Morgan fingerprint density at radius 1 is 1.10 bits per heavy atom. The SMILES string of the molecule is CCOCCCNC(=O)NCCCOc1ccccc1C. The van der Waals surface area contributed by atoms with Crippen LogP contribution in [0, 0.1) is 6.92 Å². The van der Waals surface area contributed by atoms with Crippen molar-refractivity contribution in [3.63, 3.8) is 0 Å². The van der Waals surface area contributed by atoms with Crippen LogP contribution in [0.25, 0.3) is 0 Å². The Balaban J connectivity index is 1.99. The van der Waals surface area contributed by atoms with Gasteiger partial charge in [0.2, 0.25) is 0 Å². The van der Waals surface area contributed by atoms with Gasteiger partial charge in [-0.25, -0.2) is 4.79 Å². The van der Waals surface area contributed by atoms with E-state index in [1.165, 1.54) is 0 Å². The minimum Gasteiger partial charge on any atom is -0.493 e. The second-order valence-electron chi connectivity index (χ2n) is 4.70. The first kappa shape index (κ1) is 17.3. The summed E-state index contributed by atoms with van der Waals surface area (Å²) in [6, 6.07) is 7.77. The number of nitrogens with one attached hydrogen (secondary N) is 2. The topological polar surface area (TPSA) is 59.6 Å². The Morgan fingerprint density at radius 3 is 2.43 bits per heavy atom. The average molecular weight is 294 g/mol. The maximum Gasteiger partial charge on any atom is 0.314 e. The smallest absolute Gasteiger partial charge is 0.314 e. The first-order valence-corrected chi connectivity index (χ1v) is 7.52. The highest BCUT2D eigenvalue weighted by molar-refractivity contribution is 5.73. The van der Waals surface area contributed by atoms with Crippen molar-refractivity contribution in [1.82, 2.24) is 10.6 Å². The Labute approximate surface area is 127 Å². The molecule has 0 fully saturated rings. The van der Waals surface area contributed by atoms with Crippen molar-refractivity contribution in [3.05, 3.63) is 29.8 Å². The third-order valence-corrected chi connectivity index (χ3v) is 2.91. The van der Waals surface area contributed by atoms with E-state index in [1.54, 1.807) is 0 Å². The van der Waals surface area contributed by atoms with Crippen molar-refractivity contribution >= 4 is 6.03 Å². The van der Waals surface area contributed by atoms with Crippen LogP contribution in [0.1, 0.15) is 25.3 Å². The number of urea groups is 1. The fourth-order valence-electron chi connectivity index (χ4n) is 1.76. The van der Waals surface area contributed by atoms with E-state index in [4.69, 9.17) is 9.47 Å². The monoisotopic (exact) mass is 294 g/mol. The number of benzene rings is 1. The van der Waals surface area contributed by atoms with Crippen LogP contribution < -0.4 is 15.4 Å². The third-order valence-electron chi connectivity index (χ3n) is 2.91. The number of para-hydroxylation sites is 1. The van der Waals surface area contributed by atoms with Gasteiger partial charge in [0, 0.05) is 26.3 Å². The zero-order valence-electron chi connectivity index (χ0n) is 13.0. The van der Waals surface area contributed by atoms with Crippen LogP contribution in [0.5, 0.6) is 5.75 Å². The van der Waals surface area contributed by atoms with Crippen molar-refractivity contribution in [3.8, 4) is 5.75 Å². The molecular weight excluding hydrogens is 268 g/mol. The van der Waals surface area contributed by atoms with Crippen LogP contribution in [-0.4, -0.2) is 38.9 Å². The van der Waals surface area contributed by atoms with Crippen LogP contribution in [0.4, 0.5) is 4.79 Å². The van der Waals surface area contributed by atoms with E-state index >= 15 is 0 Å². The summed E-state index contributed by atoms with van der Waals surface area (Å²) in [5.74, 6) is 0.901. The van der Waals surface area contributed by atoms with Crippen LogP contribution in [-0.2, 0) is 4.74 Å². The molecule has 0 aliphatic heterocycles. The minimum atomic E-state index is -0.137. The molecule has 0 atom stereocenters. The molecule has 2 N–H and O–H groups in total. The second-order valence-corrected chi connectivity index (χ2v) is 4.70. The molecule has 1 aromatic rings. The lowest BCUT2D eigenvalue weighted by Crippen LogP contribution is -2.37. The van der Waals surface area contributed by atoms with E-state index in [-0.39, 0.29) is 6.03 Å². The molecule has 0 aliphatic rings. The van der Waals surface area contributed by atoms with Crippen LogP contribution in [0.3, 0.4) is 0 Å². The van der Waals surface area contributed by atoms with Crippen molar-refractivity contribution < 1.29 is 14.3 Å². The molecule has 0 saturated heterocycles. The number of carbonyl (C=O) groups is 1. The molecule has 118 valence electrons. The molecule has 0 radical (unpaired) electrons. The number of ether oxygens (including phenoxy) is 2. The summed E-state index contributed by atoms with van der Waals surface area (Å²) in [4.78, 5) is 11.5. The molecule has 0 saturated carbocycles. The summed E-state index contributed by atoms with van der Waals surface area (Å²) in [5, 5.41) is 5.59. The predicted molar refractivity (Wildman–Crippen MR) is 83.8 cm³/mol. The average Bonchev–Trinajstić information content (AvgIpc) is 2.48. The summed E-state index contributed by atoms with van der Waals surface area (Å²) < 4.78 is 10.8. The van der Waals surface area contributed by atoms with Crippen LogP contribution >= 0.6 is 0 Å². The number of hydrogen-bond donors (Lipinski definition) is 2. The summed E-state index contributed by atoms with van der Waals surface area (Å²) in [6.07, 6.45) is 1.61. The molecule has 1 rings (SSSR count). The zero-order chi connectivity index (χ0) is 15.3. The standard InChI is InChI=1S/C16H26N2O3/c1-3-20-12-6-10-17-16(19)18-11-7-13-21-15-9-5-4-8-14(15)2/h4-5,8-9H,3,6-7,10-13H2,1-2H3,(H2,17,18,19). The molecule has 1 aromatic carbocycles. The van der Waals surface area contributed by atoms with Gasteiger partial charge in [0.25, 0.3) is 0 Å². The molecule has 0 bridgehead atoms. The number of carbonyl (C=O) groups excluding carboxylic acids is 1. The maximum absolute atomic E-state index is 11.5. The van der Waals surface area contributed by atoms with E-state index in [9.17, 15) is 4.79 Å². The summed E-state index contributed by atoms with van der Waals surface area (Å²) >= 11 is 0. The quantitative estimate of drug-likeness (QED) is 0.652. The molecule has 0 heterocycles. The Morgan fingerprint density at radius 2 is 1.76 bits per heavy atom. The van der Waals surface area contributed by atoms with E-state index in [0.29, 0.717) is 32.9 Å². The van der Waals surface area contributed by atoms with E-state index in [2.05, 4.69) is 10.6 Å². The summed E-state index contributed by atoms with van der Waals surface area (Å²) in [7, 11) is 0. The van der Waals surface area contributed by atoms with E-state index in [1.807, 2.05) is 38.1 Å². The Hall–Kier alpha value is -1.75. The van der Waals surface area contributed by atoms with Crippen molar-refractivity contribution in [2.75, 3.05) is 32.9 Å². The van der Waals surface area contributed by atoms with Gasteiger partial charge < -0.3 is 20.1 Å². The third kappa shape index (κ3) is 8.19. The molecule has 0 unspecified atom stereocenters.